The third kappa shape index (κ3) is 4.07. The van der Waals surface area contributed by atoms with Gasteiger partial charge in [-0.3, -0.25) is 0 Å². The fourth-order valence-corrected chi connectivity index (χ4v) is 3.49. The van der Waals surface area contributed by atoms with Crippen molar-refractivity contribution < 1.29 is 4.74 Å². The molecule has 2 nitrogen and oxygen atoms in total. The molecule has 0 aliphatic heterocycles. The van der Waals surface area contributed by atoms with Crippen LogP contribution in [0.5, 0.6) is 0 Å². The molecule has 20 heavy (non-hydrogen) atoms. The standard InChI is InChI=1S/C18H29NO/c1-20-18(14-7-2-3-8-15-18)17(19)13-9-12-16-10-5-4-6-11-16/h4-6,10-11,17H,2-3,7-9,12-15,19H2,1H3. The molecule has 2 heteroatoms. The first kappa shape index (κ1) is 15.5. The monoisotopic (exact) mass is 275 g/mol. The average Bonchev–Trinajstić information content (AvgIpc) is 2.74. The molecule has 0 spiro atoms. The maximum absolute atomic E-state index is 6.50. The van der Waals surface area contributed by atoms with Gasteiger partial charge in [-0.1, -0.05) is 56.0 Å². The summed E-state index contributed by atoms with van der Waals surface area (Å²) in [7, 11) is 1.85. The van der Waals surface area contributed by atoms with Crippen molar-refractivity contribution in [2.45, 2.75) is 69.4 Å². The van der Waals surface area contributed by atoms with Crippen LogP contribution in [0, 0.1) is 0 Å². The Kier molecular flexibility index (Phi) is 6.06. The lowest BCUT2D eigenvalue weighted by Gasteiger charge is -2.37. The highest BCUT2D eigenvalue weighted by molar-refractivity contribution is 5.14. The Hall–Kier alpha value is -0.860. The van der Waals surface area contributed by atoms with Gasteiger partial charge in [-0.2, -0.15) is 0 Å². The maximum Gasteiger partial charge on any atom is 0.0828 e. The van der Waals surface area contributed by atoms with Crippen LogP contribution in [0.3, 0.4) is 0 Å². The van der Waals surface area contributed by atoms with Crippen LogP contribution in [0.1, 0.15) is 56.9 Å². The van der Waals surface area contributed by atoms with E-state index < -0.39 is 0 Å². The summed E-state index contributed by atoms with van der Waals surface area (Å²) in [6, 6.07) is 10.9. The number of nitrogens with two attached hydrogens (primary N) is 1. The molecule has 0 aromatic heterocycles. The molecule has 0 bridgehead atoms. The normalized spacial score (nSPS) is 20.3. The minimum Gasteiger partial charge on any atom is -0.377 e. The lowest BCUT2D eigenvalue weighted by molar-refractivity contribution is -0.0453. The second kappa shape index (κ2) is 7.80. The average molecular weight is 275 g/mol. The summed E-state index contributed by atoms with van der Waals surface area (Å²) >= 11 is 0. The van der Waals surface area contributed by atoms with Gasteiger partial charge in [-0.05, 0) is 37.7 Å². The Morgan fingerprint density at radius 3 is 2.35 bits per heavy atom. The number of ether oxygens (including phenoxy) is 1. The molecule has 1 fully saturated rings. The lowest BCUT2D eigenvalue weighted by Crippen LogP contribution is -2.49. The van der Waals surface area contributed by atoms with E-state index in [0.717, 1.165) is 32.1 Å². The Bertz CT molecular complexity index is 368. The van der Waals surface area contributed by atoms with Gasteiger partial charge in [0.2, 0.25) is 0 Å². The van der Waals surface area contributed by atoms with Crippen LogP contribution < -0.4 is 5.73 Å². The fourth-order valence-electron chi connectivity index (χ4n) is 3.49. The van der Waals surface area contributed by atoms with E-state index in [1.807, 2.05) is 7.11 Å². The van der Waals surface area contributed by atoms with Gasteiger partial charge < -0.3 is 10.5 Å². The Morgan fingerprint density at radius 1 is 1.10 bits per heavy atom. The van der Waals surface area contributed by atoms with Gasteiger partial charge >= 0.3 is 0 Å². The number of hydrogen-bond acceptors (Lipinski definition) is 2. The van der Waals surface area contributed by atoms with Crippen molar-refractivity contribution >= 4 is 0 Å². The molecule has 1 aromatic carbocycles. The SMILES string of the molecule is COC1(C(N)CCCc2ccccc2)CCCCCC1. The van der Waals surface area contributed by atoms with Crippen LogP contribution in [0.25, 0.3) is 0 Å². The molecule has 0 radical (unpaired) electrons. The zero-order valence-electron chi connectivity index (χ0n) is 12.8. The van der Waals surface area contributed by atoms with E-state index in [-0.39, 0.29) is 11.6 Å². The van der Waals surface area contributed by atoms with Crippen molar-refractivity contribution in [3.8, 4) is 0 Å². The summed E-state index contributed by atoms with van der Waals surface area (Å²) in [6.07, 6.45) is 10.8. The summed E-state index contributed by atoms with van der Waals surface area (Å²) < 4.78 is 5.90. The van der Waals surface area contributed by atoms with Gasteiger partial charge in [-0.25, -0.2) is 0 Å². The van der Waals surface area contributed by atoms with E-state index in [1.54, 1.807) is 0 Å². The van der Waals surface area contributed by atoms with Crippen LogP contribution in [0.2, 0.25) is 0 Å². The van der Waals surface area contributed by atoms with Crippen LogP contribution in [-0.2, 0) is 11.2 Å². The Morgan fingerprint density at radius 2 is 1.75 bits per heavy atom. The molecule has 1 unspecified atom stereocenters. The van der Waals surface area contributed by atoms with Crippen molar-refractivity contribution in [1.29, 1.82) is 0 Å². The van der Waals surface area contributed by atoms with E-state index in [0.29, 0.717) is 0 Å². The van der Waals surface area contributed by atoms with Gasteiger partial charge in [0.1, 0.15) is 0 Å². The van der Waals surface area contributed by atoms with Crippen molar-refractivity contribution in [3.63, 3.8) is 0 Å². The highest BCUT2D eigenvalue weighted by atomic mass is 16.5. The van der Waals surface area contributed by atoms with Crippen molar-refractivity contribution in [2.75, 3.05) is 7.11 Å². The van der Waals surface area contributed by atoms with E-state index in [1.165, 1.54) is 31.2 Å². The molecule has 0 amide bonds. The number of methoxy groups -OCH3 is 1. The topological polar surface area (TPSA) is 35.2 Å². The molecule has 2 rings (SSSR count). The van der Waals surface area contributed by atoms with Gasteiger partial charge in [0, 0.05) is 13.2 Å². The number of rotatable bonds is 6. The van der Waals surface area contributed by atoms with Gasteiger partial charge in [0.25, 0.3) is 0 Å². The maximum atomic E-state index is 6.50. The van der Waals surface area contributed by atoms with E-state index >= 15 is 0 Å². The summed E-state index contributed by atoms with van der Waals surface area (Å²) in [6.45, 7) is 0. The second-order valence-corrected chi connectivity index (χ2v) is 6.17. The lowest BCUT2D eigenvalue weighted by atomic mass is 9.83. The van der Waals surface area contributed by atoms with Gasteiger partial charge in [0.15, 0.2) is 0 Å². The number of hydrogen-bond donors (Lipinski definition) is 1. The molecule has 1 saturated carbocycles. The quantitative estimate of drug-likeness (QED) is 0.794. The molecule has 1 atom stereocenters. The fraction of sp³-hybridized carbons (Fsp3) is 0.667. The van der Waals surface area contributed by atoms with E-state index in [2.05, 4.69) is 30.3 Å². The minimum atomic E-state index is -0.0623. The summed E-state index contributed by atoms with van der Waals surface area (Å²) in [5, 5.41) is 0. The van der Waals surface area contributed by atoms with Gasteiger partial charge in [0.05, 0.1) is 5.60 Å². The molecular formula is C18H29NO. The molecule has 0 heterocycles. The smallest absolute Gasteiger partial charge is 0.0828 e. The van der Waals surface area contributed by atoms with E-state index in [4.69, 9.17) is 10.5 Å². The van der Waals surface area contributed by atoms with Crippen molar-refractivity contribution in [2.24, 2.45) is 5.73 Å². The van der Waals surface area contributed by atoms with Gasteiger partial charge in [-0.15, -0.1) is 0 Å². The molecule has 2 N–H and O–H groups in total. The van der Waals surface area contributed by atoms with Crippen molar-refractivity contribution in [1.82, 2.24) is 0 Å². The molecular weight excluding hydrogens is 246 g/mol. The molecule has 1 aliphatic rings. The van der Waals surface area contributed by atoms with Crippen LogP contribution >= 0.6 is 0 Å². The summed E-state index contributed by atoms with van der Waals surface area (Å²) in [4.78, 5) is 0. The first-order chi connectivity index (χ1) is 9.77. The molecule has 1 aliphatic carbocycles. The second-order valence-electron chi connectivity index (χ2n) is 6.17. The predicted octanol–water partition coefficient (Wildman–Crippen LogP) is 4.08. The first-order valence-electron chi connectivity index (χ1n) is 8.11. The molecule has 0 saturated heterocycles. The van der Waals surface area contributed by atoms with E-state index in [9.17, 15) is 0 Å². The minimum absolute atomic E-state index is 0.0623. The number of benzene rings is 1. The zero-order chi connectivity index (χ0) is 14.3. The first-order valence-corrected chi connectivity index (χ1v) is 8.11. The van der Waals surface area contributed by atoms with Crippen LogP contribution in [0.15, 0.2) is 30.3 Å². The zero-order valence-corrected chi connectivity index (χ0v) is 12.8. The van der Waals surface area contributed by atoms with Crippen molar-refractivity contribution in [3.05, 3.63) is 35.9 Å². The largest absolute Gasteiger partial charge is 0.377 e. The highest BCUT2D eigenvalue weighted by Gasteiger charge is 2.36. The van der Waals surface area contributed by atoms with Crippen LogP contribution in [-0.4, -0.2) is 18.8 Å². The molecule has 1 aromatic rings. The Labute approximate surface area is 123 Å². The highest BCUT2D eigenvalue weighted by Crippen LogP contribution is 2.33. The number of aryl methyl sites for hydroxylation is 1. The third-order valence-electron chi connectivity index (χ3n) is 4.86. The summed E-state index contributed by atoms with van der Waals surface area (Å²) in [5.41, 5.74) is 7.85. The summed E-state index contributed by atoms with van der Waals surface area (Å²) in [5.74, 6) is 0. The third-order valence-corrected chi connectivity index (χ3v) is 4.86. The predicted molar refractivity (Wildman–Crippen MR) is 84.8 cm³/mol. The van der Waals surface area contributed by atoms with Crippen LogP contribution in [0.4, 0.5) is 0 Å². The Balaban J connectivity index is 1.84. The molecule has 112 valence electrons.